The van der Waals surface area contributed by atoms with Crippen LogP contribution >= 0.6 is 11.6 Å². The van der Waals surface area contributed by atoms with Crippen molar-refractivity contribution in [2.75, 3.05) is 18.0 Å². The fraction of sp³-hybridized carbons (Fsp3) is 0.625. The molecule has 124 valence electrons. The minimum absolute atomic E-state index is 0.109. The van der Waals surface area contributed by atoms with E-state index in [1.807, 2.05) is 20.8 Å². The highest BCUT2D eigenvalue weighted by molar-refractivity contribution is 6.31. The Kier molecular flexibility index (Phi) is 5.42. The summed E-state index contributed by atoms with van der Waals surface area (Å²) in [5.41, 5.74) is -0.458. The van der Waals surface area contributed by atoms with Gasteiger partial charge in [-0.2, -0.15) is 0 Å². The lowest BCUT2D eigenvalue weighted by molar-refractivity contribution is -0.156. The molecular weight excluding hydrogens is 316 g/mol. The Morgan fingerprint density at radius 3 is 2.91 bits per heavy atom. The molecule has 1 aliphatic rings. The lowest BCUT2D eigenvalue weighted by atomic mass is 9.95. The number of ether oxygens (including phenoxy) is 1. The number of anilines is 1. The Morgan fingerprint density at radius 2 is 2.30 bits per heavy atom. The molecule has 0 amide bonds. The molecule has 0 N–H and O–H groups in total. The predicted octanol–water partition coefficient (Wildman–Crippen LogP) is 3.63. The zero-order valence-electron chi connectivity index (χ0n) is 13.7. The van der Waals surface area contributed by atoms with E-state index < -0.39 is 5.60 Å². The van der Waals surface area contributed by atoms with Crippen LogP contribution in [0.2, 0.25) is 5.15 Å². The van der Waals surface area contributed by atoms with Gasteiger partial charge in [-0.1, -0.05) is 18.2 Å². The third-order valence-corrected chi connectivity index (χ3v) is 3.78. The number of carbonyl (C=O) groups is 1. The highest BCUT2D eigenvalue weighted by Gasteiger charge is 2.26. The second kappa shape index (κ2) is 7.14. The maximum atomic E-state index is 12.0. The van der Waals surface area contributed by atoms with E-state index in [1.165, 1.54) is 0 Å². The topological polar surface area (TPSA) is 59.7 Å². The van der Waals surface area contributed by atoms with Gasteiger partial charge in [-0.25, -0.2) is 4.98 Å². The second-order valence-corrected chi connectivity index (χ2v) is 7.06. The average molecular weight is 337 g/mol. The van der Waals surface area contributed by atoms with Crippen molar-refractivity contribution in [2.24, 2.45) is 5.92 Å². The van der Waals surface area contributed by atoms with Crippen molar-refractivity contribution in [2.45, 2.75) is 45.6 Å². The molecule has 1 fully saturated rings. The van der Waals surface area contributed by atoms with Gasteiger partial charge in [0.2, 0.25) is 0 Å². The Hall–Kier alpha value is -1.87. The number of piperidine rings is 1. The van der Waals surface area contributed by atoms with E-state index in [0.717, 1.165) is 19.4 Å². The zero-order chi connectivity index (χ0) is 17.0. The Morgan fingerprint density at radius 1 is 1.57 bits per heavy atom. The normalized spacial score (nSPS) is 18.4. The summed E-state index contributed by atoms with van der Waals surface area (Å²) in [4.78, 5) is 25.5. The molecule has 0 bridgehead atoms. The number of nitrogens with zero attached hydrogens (tertiary/aromatic N) is 4. The summed E-state index contributed by atoms with van der Waals surface area (Å²) < 4.78 is 5.39. The van der Waals surface area contributed by atoms with Crippen LogP contribution < -0.4 is 4.90 Å². The molecule has 1 aromatic heterocycles. The molecule has 0 saturated carbocycles. The molecule has 0 unspecified atom stereocenters. The number of esters is 1. The van der Waals surface area contributed by atoms with Crippen molar-refractivity contribution < 1.29 is 9.53 Å². The van der Waals surface area contributed by atoms with Crippen molar-refractivity contribution in [3.8, 4) is 0 Å². The molecule has 0 aliphatic carbocycles. The monoisotopic (exact) mass is 336 g/mol. The Balaban J connectivity index is 1.99. The Bertz CT molecular complexity index is 621. The van der Waals surface area contributed by atoms with E-state index in [-0.39, 0.29) is 22.9 Å². The number of hydrogen-bond acceptors (Lipinski definition) is 5. The molecule has 2 heterocycles. The molecule has 7 heteroatoms. The summed E-state index contributed by atoms with van der Waals surface area (Å²) in [5.74, 6) is 0.811. The summed E-state index contributed by atoms with van der Waals surface area (Å²) in [6.07, 6.45) is 3.92. The van der Waals surface area contributed by atoms with E-state index in [0.29, 0.717) is 18.8 Å². The van der Waals surface area contributed by atoms with Crippen LogP contribution in [0.1, 0.15) is 40.0 Å². The van der Waals surface area contributed by atoms with Gasteiger partial charge in [0.15, 0.2) is 17.2 Å². The first-order valence-corrected chi connectivity index (χ1v) is 8.03. The smallest absolute Gasteiger partial charge is 0.307 e. The minimum Gasteiger partial charge on any atom is -0.460 e. The lowest BCUT2D eigenvalue weighted by Crippen LogP contribution is -2.37. The van der Waals surface area contributed by atoms with Crippen LogP contribution in [-0.4, -0.2) is 34.6 Å². The molecule has 1 atom stereocenters. The van der Waals surface area contributed by atoms with Crippen molar-refractivity contribution in [1.82, 2.24) is 9.97 Å². The van der Waals surface area contributed by atoms with Crippen LogP contribution in [0.25, 0.3) is 4.85 Å². The van der Waals surface area contributed by atoms with Gasteiger partial charge >= 0.3 is 11.8 Å². The molecule has 1 aromatic rings. The summed E-state index contributed by atoms with van der Waals surface area (Å²) in [6.45, 7) is 14.1. The first kappa shape index (κ1) is 17.5. The number of halogens is 1. The van der Waals surface area contributed by atoms with Crippen LogP contribution in [0.5, 0.6) is 0 Å². The lowest BCUT2D eigenvalue weighted by Gasteiger charge is -2.33. The van der Waals surface area contributed by atoms with Gasteiger partial charge in [0.1, 0.15) is 5.60 Å². The van der Waals surface area contributed by atoms with Gasteiger partial charge in [0, 0.05) is 13.1 Å². The maximum Gasteiger partial charge on any atom is 0.307 e. The molecule has 0 spiro atoms. The average Bonchev–Trinajstić information content (AvgIpc) is 2.45. The van der Waals surface area contributed by atoms with Gasteiger partial charge < -0.3 is 14.5 Å². The van der Waals surface area contributed by atoms with Crippen molar-refractivity contribution in [3.63, 3.8) is 0 Å². The minimum atomic E-state index is -0.458. The summed E-state index contributed by atoms with van der Waals surface area (Å²) in [5, 5.41) is 0.117. The fourth-order valence-electron chi connectivity index (χ4n) is 2.64. The van der Waals surface area contributed by atoms with Gasteiger partial charge in [-0.15, -0.1) is 4.98 Å². The van der Waals surface area contributed by atoms with Crippen molar-refractivity contribution in [1.29, 1.82) is 0 Å². The van der Waals surface area contributed by atoms with Crippen LogP contribution in [0.4, 0.5) is 11.6 Å². The third-order valence-electron chi connectivity index (χ3n) is 3.52. The highest BCUT2D eigenvalue weighted by atomic mass is 35.5. The first-order chi connectivity index (χ1) is 10.8. The molecule has 1 saturated heterocycles. The van der Waals surface area contributed by atoms with E-state index in [1.54, 1.807) is 6.20 Å². The Labute approximate surface area is 141 Å². The third kappa shape index (κ3) is 5.07. The van der Waals surface area contributed by atoms with E-state index in [9.17, 15) is 4.79 Å². The standard InChI is InChI=1S/C16H21ClN4O2/c1-16(2,3)23-13(22)8-11-6-5-7-21(10-11)12-9-19-15(18-4)14(17)20-12/h9,11H,5-8,10H2,1-3H3/t11-/m0/s1. The SMILES string of the molecule is [C-]#[N+]c1ncc(N2CCC[C@@H](CC(=O)OC(C)(C)C)C2)nc1Cl. The predicted molar refractivity (Wildman–Crippen MR) is 88.7 cm³/mol. The molecular formula is C16H21ClN4O2. The quantitative estimate of drug-likeness (QED) is 0.623. The largest absolute Gasteiger partial charge is 0.460 e. The second-order valence-electron chi connectivity index (χ2n) is 6.70. The number of rotatable bonds is 3. The first-order valence-electron chi connectivity index (χ1n) is 7.65. The van der Waals surface area contributed by atoms with Gasteiger partial charge in [-0.3, -0.25) is 4.79 Å². The van der Waals surface area contributed by atoms with Crippen LogP contribution in [0, 0.1) is 12.5 Å². The van der Waals surface area contributed by atoms with Crippen LogP contribution in [0.3, 0.4) is 0 Å². The molecule has 6 nitrogen and oxygen atoms in total. The molecule has 1 aliphatic heterocycles. The summed E-state index contributed by atoms with van der Waals surface area (Å²) in [7, 11) is 0. The summed E-state index contributed by atoms with van der Waals surface area (Å²) >= 11 is 5.95. The molecule has 0 aromatic carbocycles. The van der Waals surface area contributed by atoms with E-state index in [2.05, 4.69) is 19.7 Å². The molecule has 23 heavy (non-hydrogen) atoms. The fourth-order valence-corrected chi connectivity index (χ4v) is 2.82. The molecule has 2 rings (SSSR count). The zero-order valence-corrected chi connectivity index (χ0v) is 14.4. The molecule has 0 radical (unpaired) electrons. The summed E-state index contributed by atoms with van der Waals surface area (Å²) in [6, 6.07) is 0. The van der Waals surface area contributed by atoms with E-state index in [4.69, 9.17) is 22.9 Å². The van der Waals surface area contributed by atoms with Gasteiger partial charge in [0.05, 0.1) is 6.42 Å². The van der Waals surface area contributed by atoms with Crippen molar-refractivity contribution in [3.05, 3.63) is 22.8 Å². The van der Waals surface area contributed by atoms with Gasteiger partial charge in [-0.05, 0) is 39.5 Å². The van der Waals surface area contributed by atoms with Crippen molar-refractivity contribution >= 4 is 29.2 Å². The number of aromatic nitrogens is 2. The highest BCUT2D eigenvalue weighted by Crippen LogP contribution is 2.27. The van der Waals surface area contributed by atoms with E-state index >= 15 is 0 Å². The maximum absolute atomic E-state index is 12.0. The van der Waals surface area contributed by atoms with Crippen LogP contribution in [-0.2, 0) is 9.53 Å². The van der Waals surface area contributed by atoms with Gasteiger partial charge in [0.25, 0.3) is 0 Å². The number of carbonyl (C=O) groups excluding carboxylic acids is 1. The van der Waals surface area contributed by atoms with Crippen LogP contribution in [0.15, 0.2) is 6.20 Å². The number of hydrogen-bond donors (Lipinski definition) is 0.